The molecule has 3 rings (SSSR count). The molecule has 0 atom stereocenters. The molecule has 1 aromatic heterocycles. The first-order valence-electron chi connectivity index (χ1n) is 9.08. The minimum atomic E-state index is -2.52. The molecular weight excluding hydrogens is 416 g/mol. The number of nitrogens with one attached hydrogen (secondary N) is 1. The molecule has 2 aromatic carbocycles. The number of para-hydroxylation sites is 1. The number of esters is 1. The van der Waals surface area contributed by atoms with Crippen molar-refractivity contribution in [2.45, 2.75) is 24.2 Å². The van der Waals surface area contributed by atoms with Crippen LogP contribution in [0.5, 0.6) is 0 Å². The molecule has 0 saturated heterocycles. The number of hydrogen-bond acceptors (Lipinski definition) is 6. The Hall–Kier alpha value is -2.91. The molecule has 1 amide bonds. The van der Waals surface area contributed by atoms with Crippen molar-refractivity contribution in [1.29, 1.82) is 0 Å². The molecule has 0 unspecified atom stereocenters. The number of alkyl halides is 2. The van der Waals surface area contributed by atoms with Crippen LogP contribution in [0.1, 0.15) is 23.0 Å². The molecule has 0 spiro atoms. The summed E-state index contributed by atoms with van der Waals surface area (Å²) in [6, 6.07) is 13.1. The Morgan fingerprint density at radius 3 is 2.57 bits per heavy atom. The summed E-state index contributed by atoms with van der Waals surface area (Å²) in [5, 5.41) is 3.28. The van der Waals surface area contributed by atoms with Crippen LogP contribution < -0.4 is 5.32 Å². The molecule has 0 aliphatic carbocycles. The van der Waals surface area contributed by atoms with Crippen LogP contribution in [0.15, 0.2) is 57.8 Å². The Bertz CT molecular complexity index is 1020. The third-order valence-corrected chi connectivity index (χ3v) is 4.75. The molecule has 1 N–H and O–H groups in total. The third kappa shape index (κ3) is 5.58. The van der Waals surface area contributed by atoms with Gasteiger partial charge in [-0.1, -0.05) is 30.0 Å². The fourth-order valence-corrected chi connectivity index (χ4v) is 3.22. The van der Waals surface area contributed by atoms with Crippen molar-refractivity contribution < 1.29 is 32.3 Å². The summed E-state index contributed by atoms with van der Waals surface area (Å²) >= 11 is 0.410. The zero-order valence-electron chi connectivity index (χ0n) is 16.0. The number of carbonyl (C=O) groups is 2. The summed E-state index contributed by atoms with van der Waals surface area (Å²) in [6.45, 7) is 1.94. The first-order chi connectivity index (χ1) is 14.5. The molecule has 0 aliphatic heterocycles. The zero-order valence-corrected chi connectivity index (χ0v) is 16.8. The van der Waals surface area contributed by atoms with Crippen molar-refractivity contribution in [1.82, 2.24) is 0 Å². The maximum absolute atomic E-state index is 12.5. The van der Waals surface area contributed by atoms with Gasteiger partial charge in [-0.25, -0.2) is 4.79 Å². The van der Waals surface area contributed by atoms with Crippen molar-refractivity contribution in [2.75, 3.05) is 18.5 Å². The lowest BCUT2D eigenvalue weighted by molar-refractivity contribution is -0.119. The number of carbonyl (C=O) groups excluding carboxylic acids is 2. The van der Waals surface area contributed by atoms with E-state index in [2.05, 4.69) is 5.32 Å². The third-order valence-electron chi connectivity index (χ3n) is 4.03. The highest BCUT2D eigenvalue weighted by Gasteiger charge is 2.22. The highest BCUT2D eigenvalue weighted by Crippen LogP contribution is 2.28. The summed E-state index contributed by atoms with van der Waals surface area (Å²) in [5.41, 5.74) is 1.48. The Labute approximate surface area is 175 Å². The predicted molar refractivity (Wildman–Crippen MR) is 109 cm³/mol. The Morgan fingerprint density at radius 1 is 1.13 bits per heavy atom. The van der Waals surface area contributed by atoms with Gasteiger partial charge in [0.25, 0.3) is 11.7 Å². The lowest BCUT2D eigenvalue weighted by Gasteiger charge is -2.07. The maximum Gasteiger partial charge on any atom is 0.375 e. The van der Waals surface area contributed by atoms with Crippen molar-refractivity contribution >= 4 is 40.3 Å². The van der Waals surface area contributed by atoms with Crippen LogP contribution in [-0.4, -0.2) is 30.8 Å². The van der Waals surface area contributed by atoms with E-state index in [-0.39, 0.29) is 12.4 Å². The standard InChI is InChI=1S/C21H19F2NO5S/c1-2-27-11-16-15-5-3-4-6-17(15)29-19(16)20(26)28-12-18(25)24-13-7-9-14(10-8-13)30-21(22)23/h3-10,21H,2,11-12H2,1H3,(H,24,25). The number of halogens is 2. The van der Waals surface area contributed by atoms with E-state index in [4.69, 9.17) is 13.9 Å². The van der Waals surface area contributed by atoms with Gasteiger partial charge in [0.15, 0.2) is 6.61 Å². The lowest BCUT2D eigenvalue weighted by Crippen LogP contribution is -2.21. The molecule has 9 heteroatoms. The van der Waals surface area contributed by atoms with E-state index in [0.29, 0.717) is 40.1 Å². The van der Waals surface area contributed by atoms with E-state index >= 15 is 0 Å². The first-order valence-corrected chi connectivity index (χ1v) is 9.96. The average molecular weight is 435 g/mol. The molecule has 0 radical (unpaired) electrons. The largest absolute Gasteiger partial charge is 0.450 e. The van der Waals surface area contributed by atoms with Gasteiger partial charge < -0.3 is 19.2 Å². The van der Waals surface area contributed by atoms with Crippen molar-refractivity contribution in [2.24, 2.45) is 0 Å². The summed E-state index contributed by atoms with van der Waals surface area (Å²) in [7, 11) is 0. The van der Waals surface area contributed by atoms with E-state index in [1.807, 2.05) is 19.1 Å². The predicted octanol–water partition coefficient (Wildman–Crippen LogP) is 5.08. The van der Waals surface area contributed by atoms with Crippen LogP contribution in [0.4, 0.5) is 14.5 Å². The van der Waals surface area contributed by atoms with E-state index in [1.165, 1.54) is 24.3 Å². The van der Waals surface area contributed by atoms with Gasteiger partial charge in [-0.05, 0) is 37.3 Å². The molecular formula is C21H19F2NO5S. The fourth-order valence-electron chi connectivity index (χ4n) is 2.72. The Morgan fingerprint density at radius 2 is 1.87 bits per heavy atom. The molecule has 6 nitrogen and oxygen atoms in total. The van der Waals surface area contributed by atoms with Gasteiger partial charge in [-0.15, -0.1) is 0 Å². The fraction of sp³-hybridized carbons (Fsp3) is 0.238. The van der Waals surface area contributed by atoms with Gasteiger partial charge in [0.1, 0.15) is 5.58 Å². The minimum absolute atomic E-state index is 0.00849. The zero-order chi connectivity index (χ0) is 21.5. The molecule has 0 bridgehead atoms. The number of amides is 1. The van der Waals surface area contributed by atoms with E-state index < -0.39 is 24.2 Å². The first kappa shape index (κ1) is 21.8. The van der Waals surface area contributed by atoms with Crippen LogP contribution in [0, 0.1) is 0 Å². The van der Waals surface area contributed by atoms with Crippen LogP contribution in [0.3, 0.4) is 0 Å². The second-order valence-corrected chi connectivity index (χ2v) is 7.13. The van der Waals surface area contributed by atoms with E-state index in [1.54, 1.807) is 12.1 Å². The van der Waals surface area contributed by atoms with Crippen molar-refractivity contribution in [3.05, 3.63) is 59.9 Å². The Kier molecular flexibility index (Phi) is 7.42. The smallest absolute Gasteiger partial charge is 0.375 e. The quantitative estimate of drug-likeness (QED) is 0.373. The highest BCUT2D eigenvalue weighted by atomic mass is 32.2. The van der Waals surface area contributed by atoms with Crippen LogP contribution in [0.25, 0.3) is 11.0 Å². The number of benzene rings is 2. The summed E-state index contributed by atoms with van der Waals surface area (Å²) < 4.78 is 40.8. The second kappa shape index (κ2) is 10.2. The number of furan rings is 1. The van der Waals surface area contributed by atoms with Gasteiger partial charge in [-0.3, -0.25) is 4.79 Å². The van der Waals surface area contributed by atoms with Crippen molar-refractivity contribution in [3.63, 3.8) is 0 Å². The number of fused-ring (bicyclic) bond motifs is 1. The maximum atomic E-state index is 12.5. The molecule has 3 aromatic rings. The monoisotopic (exact) mass is 435 g/mol. The molecule has 1 heterocycles. The summed E-state index contributed by atoms with van der Waals surface area (Å²) in [4.78, 5) is 24.9. The van der Waals surface area contributed by atoms with Crippen LogP contribution in [-0.2, 0) is 20.9 Å². The molecule has 0 saturated carbocycles. The number of thioether (sulfide) groups is 1. The number of hydrogen-bond donors (Lipinski definition) is 1. The number of rotatable bonds is 9. The van der Waals surface area contributed by atoms with Crippen LogP contribution >= 0.6 is 11.8 Å². The topological polar surface area (TPSA) is 77.8 Å². The molecule has 158 valence electrons. The van der Waals surface area contributed by atoms with Gasteiger partial charge in [-0.2, -0.15) is 8.78 Å². The second-order valence-electron chi connectivity index (χ2n) is 6.07. The summed E-state index contributed by atoms with van der Waals surface area (Å²) in [5.74, 6) is -3.87. The van der Waals surface area contributed by atoms with Gasteiger partial charge in [0.05, 0.1) is 6.61 Å². The molecule has 0 fully saturated rings. The molecule has 0 aliphatic rings. The van der Waals surface area contributed by atoms with E-state index in [0.717, 1.165) is 5.39 Å². The average Bonchev–Trinajstić information content (AvgIpc) is 3.10. The number of anilines is 1. The normalized spacial score (nSPS) is 11.1. The minimum Gasteiger partial charge on any atom is -0.450 e. The van der Waals surface area contributed by atoms with Gasteiger partial charge in [0.2, 0.25) is 5.76 Å². The SMILES string of the molecule is CCOCc1c(C(=O)OCC(=O)Nc2ccc(SC(F)F)cc2)oc2ccccc12. The lowest BCUT2D eigenvalue weighted by atomic mass is 10.1. The summed E-state index contributed by atoms with van der Waals surface area (Å²) in [6.07, 6.45) is 0. The van der Waals surface area contributed by atoms with E-state index in [9.17, 15) is 18.4 Å². The molecule has 30 heavy (non-hydrogen) atoms. The van der Waals surface area contributed by atoms with Gasteiger partial charge in [0, 0.05) is 28.1 Å². The number of ether oxygens (including phenoxy) is 2. The Balaban J connectivity index is 1.61. The van der Waals surface area contributed by atoms with Gasteiger partial charge >= 0.3 is 5.97 Å². The van der Waals surface area contributed by atoms with Crippen molar-refractivity contribution in [3.8, 4) is 0 Å². The van der Waals surface area contributed by atoms with Crippen LogP contribution in [0.2, 0.25) is 0 Å². The highest BCUT2D eigenvalue weighted by molar-refractivity contribution is 7.99.